The molecule has 1 amide bonds. The Morgan fingerprint density at radius 3 is 2.15 bits per heavy atom. The third kappa shape index (κ3) is 15.9. The number of alkyl carbamates (subject to hydrolysis) is 1. The van der Waals surface area contributed by atoms with Gasteiger partial charge in [-0.05, 0) is 77.5 Å². The first kappa shape index (κ1) is 29.2. The molecule has 0 saturated heterocycles. The summed E-state index contributed by atoms with van der Waals surface area (Å²) in [5.74, 6) is 0.00463. The highest BCUT2D eigenvalue weighted by Gasteiger charge is 2.15. The van der Waals surface area contributed by atoms with Gasteiger partial charge in [-0.15, -0.1) is 0 Å². The summed E-state index contributed by atoms with van der Waals surface area (Å²) in [4.78, 5) is 34.3. The van der Waals surface area contributed by atoms with Gasteiger partial charge in [-0.1, -0.05) is 12.1 Å². The summed E-state index contributed by atoms with van der Waals surface area (Å²) in [6.07, 6.45) is 3.84. The van der Waals surface area contributed by atoms with Gasteiger partial charge in [0.15, 0.2) is 0 Å². The largest absolute Gasteiger partial charge is 0.494 e. The molecule has 0 unspecified atom stereocenters. The zero-order chi connectivity index (χ0) is 25.2. The van der Waals surface area contributed by atoms with Crippen LogP contribution in [-0.2, 0) is 30.2 Å². The molecular formula is C25H40N2O7. The Morgan fingerprint density at radius 1 is 0.853 bits per heavy atom. The van der Waals surface area contributed by atoms with Crippen molar-refractivity contribution in [3.63, 3.8) is 0 Å². The Hall–Kier alpha value is -2.81. The first-order valence-electron chi connectivity index (χ1n) is 11.9. The van der Waals surface area contributed by atoms with Crippen molar-refractivity contribution in [1.82, 2.24) is 10.6 Å². The number of amides is 1. The van der Waals surface area contributed by atoms with E-state index in [1.54, 1.807) is 6.92 Å². The normalized spacial score (nSPS) is 10.9. The van der Waals surface area contributed by atoms with E-state index in [0.717, 1.165) is 31.4 Å². The van der Waals surface area contributed by atoms with Gasteiger partial charge in [-0.3, -0.25) is 14.9 Å². The summed E-state index contributed by atoms with van der Waals surface area (Å²) >= 11 is 0. The van der Waals surface area contributed by atoms with Gasteiger partial charge in [0.25, 0.3) is 0 Å². The van der Waals surface area contributed by atoms with Crippen molar-refractivity contribution in [2.24, 2.45) is 0 Å². The van der Waals surface area contributed by atoms with Crippen LogP contribution in [0.15, 0.2) is 24.3 Å². The van der Waals surface area contributed by atoms with Gasteiger partial charge in [0.1, 0.15) is 11.4 Å². The number of rotatable bonds is 16. The molecule has 192 valence electrons. The smallest absolute Gasteiger partial charge is 0.407 e. The number of hydrogen-bond donors (Lipinski definition) is 2. The molecule has 0 spiro atoms. The average molecular weight is 481 g/mol. The van der Waals surface area contributed by atoms with E-state index >= 15 is 0 Å². The Morgan fingerprint density at radius 2 is 1.50 bits per heavy atom. The molecule has 0 bridgehead atoms. The van der Waals surface area contributed by atoms with E-state index in [4.69, 9.17) is 18.9 Å². The lowest BCUT2D eigenvalue weighted by atomic mass is 10.1. The van der Waals surface area contributed by atoms with Gasteiger partial charge in [0, 0.05) is 6.54 Å². The molecule has 0 aromatic heterocycles. The monoisotopic (exact) mass is 480 g/mol. The predicted octanol–water partition coefficient (Wildman–Crippen LogP) is 3.39. The number of carbonyl (C=O) groups is 3. The molecule has 1 rings (SSSR count). The molecule has 2 N–H and O–H groups in total. The topological polar surface area (TPSA) is 112 Å². The third-order valence-corrected chi connectivity index (χ3v) is 4.40. The van der Waals surface area contributed by atoms with Crippen LogP contribution in [0.5, 0.6) is 5.75 Å². The number of nitrogens with one attached hydrogen (secondary N) is 2. The van der Waals surface area contributed by atoms with Crippen molar-refractivity contribution in [2.45, 2.75) is 65.4 Å². The maximum absolute atomic E-state index is 11.6. The van der Waals surface area contributed by atoms with Gasteiger partial charge in [0.05, 0.1) is 32.9 Å². The standard InChI is InChI=1S/C25H40N2O7/c1-5-31-22(28)18-26-19-23(29)33-17-9-8-16-32-21-13-11-20(12-14-21)10-6-7-15-27-24(30)34-25(2,3)4/h11-14,26H,5-10,15-19H2,1-4H3,(H,27,30). The summed E-state index contributed by atoms with van der Waals surface area (Å²) in [5.41, 5.74) is 0.735. The molecule has 34 heavy (non-hydrogen) atoms. The maximum Gasteiger partial charge on any atom is 0.407 e. The van der Waals surface area contributed by atoms with Crippen LogP contribution in [0.4, 0.5) is 4.79 Å². The Kier molecular flexibility index (Phi) is 14.4. The Bertz CT molecular complexity index is 730. The SMILES string of the molecule is CCOC(=O)CNCC(=O)OCCCCOc1ccc(CCCCNC(=O)OC(C)(C)C)cc1. The molecule has 0 atom stereocenters. The van der Waals surface area contributed by atoms with Crippen LogP contribution < -0.4 is 15.4 Å². The second kappa shape index (κ2) is 16.7. The lowest BCUT2D eigenvalue weighted by molar-refractivity contribution is -0.144. The molecule has 9 heteroatoms. The number of benzene rings is 1. The van der Waals surface area contributed by atoms with Crippen LogP contribution in [0.2, 0.25) is 0 Å². The minimum atomic E-state index is -0.480. The van der Waals surface area contributed by atoms with Gasteiger partial charge < -0.3 is 24.3 Å². The van der Waals surface area contributed by atoms with Crippen LogP contribution >= 0.6 is 0 Å². The average Bonchev–Trinajstić information content (AvgIpc) is 2.76. The molecular weight excluding hydrogens is 440 g/mol. The fourth-order valence-corrected chi connectivity index (χ4v) is 2.82. The van der Waals surface area contributed by atoms with Crippen LogP contribution in [-0.4, -0.2) is 63.1 Å². The van der Waals surface area contributed by atoms with Gasteiger partial charge in [0.2, 0.25) is 0 Å². The molecule has 0 heterocycles. The van der Waals surface area contributed by atoms with E-state index in [1.807, 2.05) is 45.0 Å². The van der Waals surface area contributed by atoms with E-state index in [0.29, 0.717) is 32.8 Å². The molecule has 9 nitrogen and oxygen atoms in total. The van der Waals surface area contributed by atoms with E-state index in [2.05, 4.69) is 10.6 Å². The fraction of sp³-hybridized carbons (Fsp3) is 0.640. The number of aryl methyl sites for hydroxylation is 1. The number of esters is 2. The van der Waals surface area contributed by atoms with Gasteiger partial charge in [-0.25, -0.2) is 4.79 Å². The summed E-state index contributed by atoms with van der Waals surface area (Å²) in [7, 11) is 0. The first-order chi connectivity index (χ1) is 16.2. The van der Waals surface area contributed by atoms with Gasteiger partial charge >= 0.3 is 18.0 Å². The molecule has 0 radical (unpaired) electrons. The summed E-state index contributed by atoms with van der Waals surface area (Å²) in [6, 6.07) is 7.98. The van der Waals surface area contributed by atoms with Crippen molar-refractivity contribution < 1.29 is 33.3 Å². The van der Waals surface area contributed by atoms with Crippen molar-refractivity contribution in [3.8, 4) is 5.75 Å². The molecule has 0 aliphatic rings. The van der Waals surface area contributed by atoms with Crippen molar-refractivity contribution in [1.29, 1.82) is 0 Å². The van der Waals surface area contributed by atoms with Gasteiger partial charge in [-0.2, -0.15) is 0 Å². The van der Waals surface area contributed by atoms with E-state index < -0.39 is 17.5 Å². The zero-order valence-electron chi connectivity index (χ0n) is 20.9. The Labute approximate surface area is 202 Å². The first-order valence-corrected chi connectivity index (χ1v) is 11.9. The van der Waals surface area contributed by atoms with E-state index in [-0.39, 0.29) is 19.2 Å². The maximum atomic E-state index is 11.6. The predicted molar refractivity (Wildman–Crippen MR) is 129 cm³/mol. The fourth-order valence-electron chi connectivity index (χ4n) is 2.82. The molecule has 0 fully saturated rings. The van der Waals surface area contributed by atoms with Crippen molar-refractivity contribution in [2.75, 3.05) is 39.5 Å². The molecule has 0 aliphatic heterocycles. The lowest BCUT2D eigenvalue weighted by Crippen LogP contribution is -2.33. The third-order valence-electron chi connectivity index (χ3n) is 4.40. The molecule has 1 aromatic carbocycles. The van der Waals surface area contributed by atoms with Crippen LogP contribution in [0, 0.1) is 0 Å². The summed E-state index contributed by atoms with van der Waals surface area (Å²) < 4.78 is 20.8. The number of hydrogen-bond acceptors (Lipinski definition) is 8. The summed E-state index contributed by atoms with van der Waals surface area (Å²) in [6.45, 7) is 8.97. The highest BCUT2D eigenvalue weighted by Crippen LogP contribution is 2.14. The minimum Gasteiger partial charge on any atom is -0.494 e. The quantitative estimate of drug-likeness (QED) is 0.210. The highest BCUT2D eigenvalue weighted by atomic mass is 16.6. The van der Waals surface area contributed by atoms with Crippen LogP contribution in [0.25, 0.3) is 0 Å². The molecule has 0 aliphatic carbocycles. The Balaban J connectivity index is 2.05. The minimum absolute atomic E-state index is 0.0130. The molecule has 0 saturated carbocycles. The van der Waals surface area contributed by atoms with E-state index in [1.165, 1.54) is 5.56 Å². The molecule has 1 aromatic rings. The van der Waals surface area contributed by atoms with Crippen LogP contribution in [0.3, 0.4) is 0 Å². The summed E-state index contributed by atoms with van der Waals surface area (Å²) in [5, 5.41) is 5.45. The number of unbranched alkanes of at least 4 members (excludes halogenated alkanes) is 2. The van der Waals surface area contributed by atoms with Crippen molar-refractivity contribution >= 4 is 18.0 Å². The van der Waals surface area contributed by atoms with Crippen molar-refractivity contribution in [3.05, 3.63) is 29.8 Å². The van der Waals surface area contributed by atoms with E-state index in [9.17, 15) is 14.4 Å². The zero-order valence-corrected chi connectivity index (χ0v) is 20.9. The second-order valence-electron chi connectivity index (χ2n) is 8.71. The van der Waals surface area contributed by atoms with Crippen LogP contribution in [0.1, 0.15) is 58.9 Å². The number of carbonyl (C=O) groups excluding carboxylic acids is 3. The number of ether oxygens (including phenoxy) is 4. The highest BCUT2D eigenvalue weighted by molar-refractivity contribution is 5.74. The second-order valence-corrected chi connectivity index (χ2v) is 8.71. The lowest BCUT2D eigenvalue weighted by Gasteiger charge is -2.19.